The molecule has 0 amide bonds. The van der Waals surface area contributed by atoms with Crippen molar-refractivity contribution >= 4 is 0 Å². The molecule has 0 spiro atoms. The topological polar surface area (TPSA) is 60.4 Å². The van der Waals surface area contributed by atoms with Crippen molar-refractivity contribution in [3.05, 3.63) is 47.5 Å². The Labute approximate surface area is 154 Å². The van der Waals surface area contributed by atoms with Crippen LogP contribution < -0.4 is 4.74 Å². The third kappa shape index (κ3) is 3.71. The third-order valence-corrected chi connectivity index (χ3v) is 5.44. The lowest BCUT2D eigenvalue weighted by Crippen LogP contribution is -2.52. The molecule has 4 heterocycles. The SMILES string of the molecule is Cc1cccc(CN2CC[C@@H]3OCC[C@]3(COc3nccc(C)n3)C2)n1. The second-order valence-corrected chi connectivity index (χ2v) is 7.51. The molecule has 26 heavy (non-hydrogen) atoms. The summed E-state index contributed by atoms with van der Waals surface area (Å²) in [5.41, 5.74) is 3.12. The van der Waals surface area contributed by atoms with E-state index in [1.807, 2.05) is 26.0 Å². The van der Waals surface area contributed by atoms with Crippen LogP contribution >= 0.6 is 0 Å². The van der Waals surface area contributed by atoms with Crippen molar-refractivity contribution in [2.45, 2.75) is 39.3 Å². The third-order valence-electron chi connectivity index (χ3n) is 5.44. The number of rotatable bonds is 5. The van der Waals surface area contributed by atoms with Crippen molar-refractivity contribution in [3.63, 3.8) is 0 Å². The van der Waals surface area contributed by atoms with Gasteiger partial charge in [-0.05, 0) is 44.9 Å². The first kappa shape index (κ1) is 17.4. The fourth-order valence-electron chi connectivity index (χ4n) is 4.10. The molecule has 2 saturated heterocycles. The number of piperidine rings is 1. The summed E-state index contributed by atoms with van der Waals surface area (Å²) in [5.74, 6) is 0. The Bertz CT molecular complexity index is 769. The van der Waals surface area contributed by atoms with E-state index >= 15 is 0 Å². The van der Waals surface area contributed by atoms with Gasteiger partial charge in [0.2, 0.25) is 0 Å². The molecule has 0 N–H and O–H groups in total. The minimum atomic E-state index is 0.00911. The Morgan fingerprint density at radius 1 is 1.23 bits per heavy atom. The second-order valence-electron chi connectivity index (χ2n) is 7.51. The molecule has 0 saturated carbocycles. The molecule has 0 bridgehead atoms. The Hall–Kier alpha value is -2.05. The van der Waals surface area contributed by atoms with Gasteiger partial charge in [0.1, 0.15) is 6.61 Å². The minimum absolute atomic E-state index is 0.00911. The highest BCUT2D eigenvalue weighted by Gasteiger charge is 2.48. The van der Waals surface area contributed by atoms with E-state index in [4.69, 9.17) is 9.47 Å². The second kappa shape index (κ2) is 7.29. The molecule has 4 rings (SSSR count). The van der Waals surface area contributed by atoms with Gasteiger partial charge in [0.05, 0.1) is 11.8 Å². The number of hydrogen-bond acceptors (Lipinski definition) is 6. The van der Waals surface area contributed by atoms with E-state index in [9.17, 15) is 0 Å². The number of aromatic nitrogens is 3. The number of nitrogens with zero attached hydrogens (tertiary/aromatic N) is 4. The molecule has 0 aromatic carbocycles. The number of aryl methyl sites for hydroxylation is 2. The van der Waals surface area contributed by atoms with Crippen LogP contribution in [-0.2, 0) is 11.3 Å². The highest BCUT2D eigenvalue weighted by Crippen LogP contribution is 2.41. The van der Waals surface area contributed by atoms with E-state index in [0.717, 1.165) is 56.2 Å². The van der Waals surface area contributed by atoms with Gasteiger partial charge in [-0.25, -0.2) is 9.97 Å². The van der Waals surface area contributed by atoms with Crippen LogP contribution in [0.1, 0.15) is 29.9 Å². The number of likely N-dealkylation sites (tertiary alicyclic amines) is 1. The average Bonchev–Trinajstić information content (AvgIpc) is 3.04. The zero-order chi connectivity index (χ0) is 18.0. The van der Waals surface area contributed by atoms with Crippen LogP contribution in [0.3, 0.4) is 0 Å². The fourth-order valence-corrected chi connectivity index (χ4v) is 4.10. The first-order valence-corrected chi connectivity index (χ1v) is 9.32. The molecular formula is C20H26N4O2. The Balaban J connectivity index is 1.45. The molecule has 0 aliphatic carbocycles. The molecular weight excluding hydrogens is 328 g/mol. The number of ether oxygens (including phenoxy) is 2. The number of hydrogen-bond donors (Lipinski definition) is 0. The normalized spacial score (nSPS) is 25.8. The van der Waals surface area contributed by atoms with E-state index in [1.54, 1.807) is 6.20 Å². The van der Waals surface area contributed by atoms with Crippen LogP contribution in [0, 0.1) is 19.3 Å². The van der Waals surface area contributed by atoms with E-state index in [2.05, 4.69) is 32.0 Å². The highest BCUT2D eigenvalue weighted by molar-refractivity contribution is 5.11. The van der Waals surface area contributed by atoms with E-state index in [1.165, 1.54) is 0 Å². The summed E-state index contributed by atoms with van der Waals surface area (Å²) in [6, 6.07) is 8.56. The maximum Gasteiger partial charge on any atom is 0.316 e. The summed E-state index contributed by atoms with van der Waals surface area (Å²) >= 11 is 0. The smallest absolute Gasteiger partial charge is 0.316 e. The summed E-state index contributed by atoms with van der Waals surface area (Å²) in [4.78, 5) is 15.7. The summed E-state index contributed by atoms with van der Waals surface area (Å²) in [5, 5.41) is 0. The van der Waals surface area contributed by atoms with Gasteiger partial charge in [0.15, 0.2) is 0 Å². The van der Waals surface area contributed by atoms with Gasteiger partial charge >= 0.3 is 6.01 Å². The maximum atomic E-state index is 6.03. The van der Waals surface area contributed by atoms with Gasteiger partial charge < -0.3 is 9.47 Å². The van der Waals surface area contributed by atoms with Gasteiger partial charge in [-0.3, -0.25) is 9.88 Å². The van der Waals surface area contributed by atoms with Crippen LogP contribution in [0.15, 0.2) is 30.5 Å². The fraction of sp³-hybridized carbons (Fsp3) is 0.550. The number of pyridine rings is 1. The predicted octanol–water partition coefficient (Wildman–Crippen LogP) is 2.55. The lowest BCUT2D eigenvalue weighted by atomic mass is 9.77. The predicted molar refractivity (Wildman–Crippen MR) is 97.9 cm³/mol. The molecule has 2 fully saturated rings. The van der Waals surface area contributed by atoms with Crippen molar-refractivity contribution in [2.24, 2.45) is 5.41 Å². The van der Waals surface area contributed by atoms with E-state index < -0.39 is 0 Å². The molecule has 6 nitrogen and oxygen atoms in total. The van der Waals surface area contributed by atoms with Gasteiger partial charge in [-0.1, -0.05) is 6.07 Å². The molecule has 2 aliphatic heterocycles. The Kier molecular flexibility index (Phi) is 4.87. The molecule has 138 valence electrons. The summed E-state index contributed by atoms with van der Waals surface area (Å²) in [7, 11) is 0. The highest BCUT2D eigenvalue weighted by atomic mass is 16.5. The van der Waals surface area contributed by atoms with Crippen molar-refractivity contribution in [1.29, 1.82) is 0 Å². The maximum absolute atomic E-state index is 6.03. The summed E-state index contributed by atoms with van der Waals surface area (Å²) in [6.07, 6.45) is 4.05. The quantitative estimate of drug-likeness (QED) is 0.822. The zero-order valence-electron chi connectivity index (χ0n) is 15.5. The molecule has 2 aromatic rings. The zero-order valence-corrected chi connectivity index (χ0v) is 15.5. The first-order valence-electron chi connectivity index (χ1n) is 9.32. The van der Waals surface area contributed by atoms with Gasteiger partial charge in [0.25, 0.3) is 0 Å². The average molecular weight is 354 g/mol. The van der Waals surface area contributed by atoms with Crippen LogP contribution in [0.2, 0.25) is 0 Å². The van der Waals surface area contributed by atoms with Gasteiger partial charge in [0, 0.05) is 49.2 Å². The van der Waals surface area contributed by atoms with E-state index in [0.29, 0.717) is 12.6 Å². The summed E-state index contributed by atoms with van der Waals surface area (Å²) in [6.45, 7) is 8.25. The van der Waals surface area contributed by atoms with Crippen molar-refractivity contribution in [2.75, 3.05) is 26.3 Å². The first-order chi connectivity index (χ1) is 12.6. The van der Waals surface area contributed by atoms with Crippen molar-refractivity contribution in [1.82, 2.24) is 19.9 Å². The van der Waals surface area contributed by atoms with Crippen LogP contribution in [0.25, 0.3) is 0 Å². The van der Waals surface area contributed by atoms with Crippen LogP contribution in [0.5, 0.6) is 6.01 Å². The largest absolute Gasteiger partial charge is 0.463 e. The van der Waals surface area contributed by atoms with Crippen molar-refractivity contribution < 1.29 is 9.47 Å². The molecule has 2 atom stereocenters. The molecule has 2 aliphatic rings. The molecule has 0 unspecified atom stereocenters. The minimum Gasteiger partial charge on any atom is -0.463 e. The van der Waals surface area contributed by atoms with Crippen LogP contribution in [-0.4, -0.2) is 52.3 Å². The standard InChI is InChI=1S/C20H26N4O2/c1-15-4-3-5-17(22-15)12-24-10-7-18-20(13-24,8-11-25-18)14-26-19-21-9-6-16(2)23-19/h3-6,9,18H,7-8,10-14H2,1-2H3/t18-,20+/m0/s1. The molecule has 0 radical (unpaired) electrons. The van der Waals surface area contributed by atoms with Gasteiger partial charge in [-0.2, -0.15) is 0 Å². The molecule has 2 aromatic heterocycles. The van der Waals surface area contributed by atoms with Crippen LogP contribution in [0.4, 0.5) is 0 Å². The Morgan fingerprint density at radius 2 is 2.12 bits per heavy atom. The summed E-state index contributed by atoms with van der Waals surface area (Å²) < 4.78 is 12.0. The monoisotopic (exact) mass is 354 g/mol. The number of fused-ring (bicyclic) bond motifs is 1. The van der Waals surface area contributed by atoms with Gasteiger partial charge in [-0.15, -0.1) is 0 Å². The lowest BCUT2D eigenvalue weighted by Gasteiger charge is -2.43. The Morgan fingerprint density at radius 3 is 2.96 bits per heavy atom. The van der Waals surface area contributed by atoms with E-state index in [-0.39, 0.29) is 11.5 Å². The van der Waals surface area contributed by atoms with Crippen molar-refractivity contribution in [3.8, 4) is 6.01 Å². The molecule has 6 heteroatoms. The lowest BCUT2D eigenvalue weighted by molar-refractivity contribution is -0.0430.